The molecule has 2 aromatic rings. The third-order valence-electron chi connectivity index (χ3n) is 4.46. The van der Waals surface area contributed by atoms with E-state index in [9.17, 15) is 0 Å². The van der Waals surface area contributed by atoms with Crippen LogP contribution < -0.4 is 10.6 Å². The van der Waals surface area contributed by atoms with Gasteiger partial charge in [-0.3, -0.25) is 9.89 Å². The Morgan fingerprint density at radius 2 is 1.75 bits per heavy atom. The van der Waals surface area contributed by atoms with Gasteiger partial charge in [-0.2, -0.15) is 0 Å². The SMILES string of the molecule is CN=C(NCCN1CCc2ccccc2C1)NCc1ccccc1. The third kappa shape index (κ3) is 4.59. The number of benzene rings is 2. The highest BCUT2D eigenvalue weighted by molar-refractivity contribution is 5.79. The first-order chi connectivity index (χ1) is 11.8. The van der Waals surface area contributed by atoms with Crippen LogP contribution in [0.4, 0.5) is 0 Å². The van der Waals surface area contributed by atoms with E-state index in [0.29, 0.717) is 0 Å². The maximum absolute atomic E-state index is 4.30. The normalized spacial score (nSPS) is 15.0. The number of guanidine groups is 1. The molecule has 0 fully saturated rings. The van der Waals surface area contributed by atoms with Crippen molar-refractivity contribution < 1.29 is 0 Å². The van der Waals surface area contributed by atoms with Gasteiger partial charge in [0.05, 0.1) is 0 Å². The van der Waals surface area contributed by atoms with Crippen molar-refractivity contribution in [2.45, 2.75) is 19.5 Å². The molecule has 0 spiro atoms. The number of aliphatic imine (C=N–C) groups is 1. The summed E-state index contributed by atoms with van der Waals surface area (Å²) in [6, 6.07) is 19.1. The van der Waals surface area contributed by atoms with Crippen molar-refractivity contribution in [1.29, 1.82) is 0 Å². The second-order valence-corrected chi connectivity index (χ2v) is 6.13. The maximum Gasteiger partial charge on any atom is 0.191 e. The summed E-state index contributed by atoms with van der Waals surface area (Å²) in [4.78, 5) is 6.80. The van der Waals surface area contributed by atoms with Crippen molar-refractivity contribution in [2.24, 2.45) is 4.99 Å². The Morgan fingerprint density at radius 3 is 2.54 bits per heavy atom. The van der Waals surface area contributed by atoms with Gasteiger partial charge in [-0.05, 0) is 23.1 Å². The molecule has 126 valence electrons. The van der Waals surface area contributed by atoms with Crippen molar-refractivity contribution in [1.82, 2.24) is 15.5 Å². The number of fused-ring (bicyclic) bond motifs is 1. The topological polar surface area (TPSA) is 39.7 Å². The molecule has 0 aromatic heterocycles. The first-order valence-corrected chi connectivity index (χ1v) is 8.63. The van der Waals surface area contributed by atoms with Gasteiger partial charge in [-0.1, -0.05) is 54.6 Å². The lowest BCUT2D eigenvalue weighted by molar-refractivity contribution is 0.258. The Labute approximate surface area is 144 Å². The summed E-state index contributed by atoms with van der Waals surface area (Å²) < 4.78 is 0. The van der Waals surface area contributed by atoms with E-state index in [-0.39, 0.29) is 0 Å². The van der Waals surface area contributed by atoms with Crippen LogP contribution in [-0.2, 0) is 19.5 Å². The fraction of sp³-hybridized carbons (Fsp3) is 0.350. The molecule has 0 radical (unpaired) electrons. The minimum Gasteiger partial charge on any atom is -0.355 e. The summed E-state index contributed by atoms with van der Waals surface area (Å²) in [5.74, 6) is 0.858. The van der Waals surface area contributed by atoms with Crippen molar-refractivity contribution in [3.63, 3.8) is 0 Å². The van der Waals surface area contributed by atoms with E-state index < -0.39 is 0 Å². The van der Waals surface area contributed by atoms with E-state index in [2.05, 4.69) is 69.1 Å². The van der Waals surface area contributed by atoms with Gasteiger partial charge in [-0.25, -0.2) is 0 Å². The summed E-state index contributed by atoms with van der Waals surface area (Å²) in [7, 11) is 1.82. The van der Waals surface area contributed by atoms with Gasteiger partial charge in [0.2, 0.25) is 0 Å². The van der Waals surface area contributed by atoms with Gasteiger partial charge >= 0.3 is 0 Å². The number of nitrogens with zero attached hydrogens (tertiary/aromatic N) is 2. The average Bonchev–Trinajstić information content (AvgIpc) is 2.65. The number of hydrogen-bond acceptors (Lipinski definition) is 2. The van der Waals surface area contributed by atoms with Crippen LogP contribution in [0.2, 0.25) is 0 Å². The van der Waals surface area contributed by atoms with E-state index in [1.807, 2.05) is 13.1 Å². The van der Waals surface area contributed by atoms with Crippen molar-refractivity contribution >= 4 is 5.96 Å². The van der Waals surface area contributed by atoms with Crippen molar-refractivity contribution in [3.05, 3.63) is 71.3 Å². The van der Waals surface area contributed by atoms with E-state index in [4.69, 9.17) is 0 Å². The van der Waals surface area contributed by atoms with Crippen LogP contribution in [0.25, 0.3) is 0 Å². The Kier molecular flexibility index (Phi) is 5.85. The highest BCUT2D eigenvalue weighted by Gasteiger charge is 2.14. The molecule has 0 atom stereocenters. The highest BCUT2D eigenvalue weighted by Crippen LogP contribution is 2.17. The van der Waals surface area contributed by atoms with Gasteiger partial charge in [0.1, 0.15) is 0 Å². The summed E-state index contributed by atoms with van der Waals surface area (Å²) in [5.41, 5.74) is 4.23. The molecule has 0 unspecified atom stereocenters. The molecule has 4 nitrogen and oxygen atoms in total. The maximum atomic E-state index is 4.30. The van der Waals surface area contributed by atoms with Gasteiger partial charge in [0.15, 0.2) is 5.96 Å². The number of nitrogens with one attached hydrogen (secondary N) is 2. The standard InChI is InChI=1S/C20H26N4/c1-21-20(23-15-17-7-3-2-4-8-17)22-12-14-24-13-11-18-9-5-6-10-19(18)16-24/h2-10H,11-16H2,1H3,(H2,21,22,23). The fourth-order valence-corrected chi connectivity index (χ4v) is 3.08. The monoisotopic (exact) mass is 322 g/mol. The van der Waals surface area contributed by atoms with Crippen LogP contribution in [0.5, 0.6) is 0 Å². The molecule has 1 aliphatic rings. The zero-order chi connectivity index (χ0) is 16.6. The molecule has 1 aliphatic heterocycles. The lowest BCUT2D eigenvalue weighted by atomic mass is 10.00. The Morgan fingerprint density at radius 1 is 1.00 bits per heavy atom. The molecule has 4 heteroatoms. The zero-order valence-corrected chi connectivity index (χ0v) is 14.3. The molecule has 2 aromatic carbocycles. The largest absolute Gasteiger partial charge is 0.355 e. The predicted octanol–water partition coefficient (Wildman–Crippen LogP) is 2.41. The Bertz CT molecular complexity index is 666. The Hall–Kier alpha value is -2.33. The molecule has 0 amide bonds. The highest BCUT2D eigenvalue weighted by atomic mass is 15.2. The molecular formula is C20H26N4. The van der Waals surface area contributed by atoms with E-state index in [0.717, 1.165) is 45.1 Å². The van der Waals surface area contributed by atoms with E-state index in [1.54, 1.807) is 0 Å². The van der Waals surface area contributed by atoms with Crippen LogP contribution in [0.3, 0.4) is 0 Å². The van der Waals surface area contributed by atoms with Gasteiger partial charge < -0.3 is 10.6 Å². The molecule has 0 bridgehead atoms. The molecule has 2 N–H and O–H groups in total. The second kappa shape index (κ2) is 8.50. The molecule has 0 saturated heterocycles. The Balaban J connectivity index is 1.41. The smallest absolute Gasteiger partial charge is 0.191 e. The number of hydrogen-bond donors (Lipinski definition) is 2. The second-order valence-electron chi connectivity index (χ2n) is 6.13. The molecule has 0 saturated carbocycles. The van der Waals surface area contributed by atoms with Crippen LogP contribution in [0.1, 0.15) is 16.7 Å². The van der Waals surface area contributed by atoms with Gasteiger partial charge in [0.25, 0.3) is 0 Å². The third-order valence-corrected chi connectivity index (χ3v) is 4.46. The molecular weight excluding hydrogens is 296 g/mol. The first kappa shape index (κ1) is 16.5. The average molecular weight is 322 g/mol. The van der Waals surface area contributed by atoms with Crippen molar-refractivity contribution in [3.8, 4) is 0 Å². The minimum absolute atomic E-state index is 0.789. The van der Waals surface area contributed by atoms with E-state index in [1.165, 1.54) is 16.7 Å². The molecule has 3 rings (SSSR count). The van der Waals surface area contributed by atoms with Crippen LogP contribution in [-0.4, -0.2) is 37.5 Å². The summed E-state index contributed by atoms with van der Waals surface area (Å²) >= 11 is 0. The zero-order valence-electron chi connectivity index (χ0n) is 14.3. The van der Waals surface area contributed by atoms with Gasteiger partial charge in [-0.15, -0.1) is 0 Å². The summed E-state index contributed by atoms with van der Waals surface area (Å²) in [5, 5.41) is 6.77. The summed E-state index contributed by atoms with van der Waals surface area (Å²) in [6.07, 6.45) is 1.15. The first-order valence-electron chi connectivity index (χ1n) is 8.63. The quantitative estimate of drug-likeness (QED) is 0.656. The predicted molar refractivity (Wildman–Crippen MR) is 100 cm³/mol. The van der Waals surface area contributed by atoms with Crippen LogP contribution >= 0.6 is 0 Å². The molecule has 1 heterocycles. The van der Waals surface area contributed by atoms with Gasteiger partial charge in [0, 0.05) is 39.8 Å². The fourth-order valence-electron chi connectivity index (χ4n) is 3.08. The lowest BCUT2D eigenvalue weighted by Gasteiger charge is -2.28. The lowest BCUT2D eigenvalue weighted by Crippen LogP contribution is -2.42. The molecule has 0 aliphatic carbocycles. The number of rotatable bonds is 5. The van der Waals surface area contributed by atoms with E-state index >= 15 is 0 Å². The van der Waals surface area contributed by atoms with Crippen LogP contribution in [0.15, 0.2) is 59.6 Å². The summed E-state index contributed by atoms with van der Waals surface area (Å²) in [6.45, 7) is 4.90. The molecule has 24 heavy (non-hydrogen) atoms. The minimum atomic E-state index is 0.789. The van der Waals surface area contributed by atoms with Crippen LogP contribution in [0, 0.1) is 0 Å². The van der Waals surface area contributed by atoms with Crippen molar-refractivity contribution in [2.75, 3.05) is 26.7 Å².